The first-order chi connectivity index (χ1) is 16.3. The lowest BCUT2D eigenvalue weighted by Crippen LogP contribution is -2.57. The molecule has 1 aromatic heterocycles. The van der Waals surface area contributed by atoms with E-state index in [0.717, 1.165) is 32.1 Å². The summed E-state index contributed by atoms with van der Waals surface area (Å²) in [6.45, 7) is 6.70. The van der Waals surface area contributed by atoms with Crippen LogP contribution in [0.25, 0.3) is 10.9 Å². The molecule has 0 saturated heterocycles. The summed E-state index contributed by atoms with van der Waals surface area (Å²) >= 11 is 0. The lowest BCUT2D eigenvalue weighted by atomic mass is 9.77. The van der Waals surface area contributed by atoms with Gasteiger partial charge in [-0.2, -0.15) is 0 Å². The third-order valence-corrected chi connectivity index (χ3v) is 6.54. The molecule has 0 bridgehead atoms. The highest BCUT2D eigenvalue weighted by Crippen LogP contribution is 2.35. The van der Waals surface area contributed by atoms with E-state index in [4.69, 9.17) is 14.2 Å². The average Bonchev–Trinajstić information content (AvgIpc) is 2.83. The summed E-state index contributed by atoms with van der Waals surface area (Å²) in [4.78, 5) is 41.8. The Morgan fingerprint density at radius 2 is 1.91 bits per heavy atom. The number of hydrogen-bond acceptors (Lipinski definition) is 6. The molecule has 0 unspecified atom stereocenters. The van der Waals surface area contributed by atoms with Crippen molar-refractivity contribution in [3.63, 3.8) is 0 Å². The third-order valence-electron chi connectivity index (χ3n) is 6.54. The van der Waals surface area contributed by atoms with Crippen LogP contribution in [0.1, 0.15) is 76.1 Å². The second-order valence-corrected chi connectivity index (χ2v) is 9.07. The fourth-order valence-electron chi connectivity index (χ4n) is 4.42. The molecule has 1 aromatic carbocycles. The fourth-order valence-corrected chi connectivity index (χ4v) is 4.42. The summed E-state index contributed by atoms with van der Waals surface area (Å²) in [5.41, 5.74) is -1.25. The number of methoxy groups -OCH3 is 1. The zero-order chi connectivity index (χ0) is 24.7. The quantitative estimate of drug-likeness (QED) is 0.393. The Kier molecular flexibility index (Phi) is 8.58. The van der Waals surface area contributed by atoms with Crippen LogP contribution in [-0.2, 0) is 9.53 Å². The number of nitrogens with one attached hydrogen (secondary N) is 2. The maximum Gasteiger partial charge on any atom is 0.331 e. The maximum atomic E-state index is 13.2. The van der Waals surface area contributed by atoms with Gasteiger partial charge in [0.1, 0.15) is 11.1 Å². The Labute approximate surface area is 200 Å². The molecule has 1 aliphatic carbocycles. The van der Waals surface area contributed by atoms with Crippen molar-refractivity contribution in [2.24, 2.45) is 5.92 Å². The number of carbonyl (C=O) groups is 2. The number of aromatic amines is 1. The van der Waals surface area contributed by atoms with Crippen molar-refractivity contribution in [3.8, 4) is 11.5 Å². The summed E-state index contributed by atoms with van der Waals surface area (Å²) in [5, 5.41) is 3.49. The summed E-state index contributed by atoms with van der Waals surface area (Å²) in [5.74, 6) is 0.389. The summed E-state index contributed by atoms with van der Waals surface area (Å²) in [6, 6.07) is 5.05. The van der Waals surface area contributed by atoms with E-state index >= 15 is 0 Å². The van der Waals surface area contributed by atoms with Gasteiger partial charge in [0.05, 0.1) is 25.8 Å². The normalized spacial score (nSPS) is 20.1. The first kappa shape index (κ1) is 25.6. The summed E-state index contributed by atoms with van der Waals surface area (Å²) in [6.07, 6.45) is 5.55. The van der Waals surface area contributed by atoms with Crippen molar-refractivity contribution in [1.82, 2.24) is 10.3 Å². The molecule has 1 saturated carbocycles. The Morgan fingerprint density at radius 1 is 1.18 bits per heavy atom. The monoisotopic (exact) mass is 472 g/mol. The molecule has 3 rings (SSSR count). The van der Waals surface area contributed by atoms with E-state index in [0.29, 0.717) is 47.8 Å². The van der Waals surface area contributed by atoms with Crippen LogP contribution in [0.5, 0.6) is 11.5 Å². The molecule has 34 heavy (non-hydrogen) atoms. The smallest absolute Gasteiger partial charge is 0.331 e. The van der Waals surface area contributed by atoms with Gasteiger partial charge in [-0.15, -0.1) is 0 Å². The van der Waals surface area contributed by atoms with E-state index < -0.39 is 23.0 Å². The minimum Gasteiger partial charge on any atom is -0.493 e. The Bertz CT molecular complexity index is 1070. The highest BCUT2D eigenvalue weighted by molar-refractivity contribution is 6.01. The van der Waals surface area contributed by atoms with E-state index in [1.165, 1.54) is 6.07 Å². The second-order valence-electron chi connectivity index (χ2n) is 9.07. The van der Waals surface area contributed by atoms with Gasteiger partial charge in [-0.05, 0) is 63.1 Å². The first-order valence-corrected chi connectivity index (χ1v) is 12.2. The molecule has 0 atom stereocenters. The van der Waals surface area contributed by atoms with Crippen molar-refractivity contribution in [2.75, 3.05) is 20.3 Å². The molecule has 1 amide bonds. The van der Waals surface area contributed by atoms with Crippen LogP contribution in [0.15, 0.2) is 23.0 Å². The SMILES string of the molecule is CCCCCOc1c(OC)ccc2cc(C(=O)NC3(C(=O)OCC)CCC(C)CC3)c(=O)[nH]c12. The lowest BCUT2D eigenvalue weighted by Gasteiger charge is -2.37. The molecule has 2 aromatic rings. The van der Waals surface area contributed by atoms with Crippen LogP contribution in [0.3, 0.4) is 0 Å². The molecule has 1 aliphatic rings. The number of aromatic nitrogens is 1. The number of H-pyrrole nitrogens is 1. The predicted octanol–water partition coefficient (Wildman–Crippen LogP) is 4.35. The van der Waals surface area contributed by atoms with E-state index in [2.05, 4.69) is 24.1 Å². The number of amides is 1. The molecule has 0 spiro atoms. The minimum absolute atomic E-state index is 0.0584. The molecule has 8 heteroatoms. The van der Waals surface area contributed by atoms with Gasteiger partial charge in [0, 0.05) is 5.39 Å². The average molecular weight is 473 g/mol. The topological polar surface area (TPSA) is 107 Å². The van der Waals surface area contributed by atoms with E-state index in [1.54, 1.807) is 26.2 Å². The highest BCUT2D eigenvalue weighted by atomic mass is 16.5. The molecular formula is C26H36N2O6. The Morgan fingerprint density at radius 3 is 2.56 bits per heavy atom. The van der Waals surface area contributed by atoms with Gasteiger partial charge in [0.15, 0.2) is 11.5 Å². The lowest BCUT2D eigenvalue weighted by molar-refractivity contribution is -0.152. The number of rotatable bonds is 10. The minimum atomic E-state index is -1.12. The standard InChI is InChI=1S/C26H36N2O6/c1-5-7-8-15-34-22-20(32-4)10-9-18-16-19(23(29)27-21(18)22)24(30)28-26(25(31)33-6-2)13-11-17(3)12-14-26/h9-10,16-17H,5-8,11-15H2,1-4H3,(H,27,29)(H,28,30). The number of unbranched alkanes of at least 4 members (excludes halogenated alkanes) is 2. The number of carbonyl (C=O) groups excluding carboxylic acids is 2. The molecule has 2 N–H and O–H groups in total. The van der Waals surface area contributed by atoms with Crippen LogP contribution in [0.4, 0.5) is 0 Å². The van der Waals surface area contributed by atoms with Crippen molar-refractivity contribution < 1.29 is 23.8 Å². The van der Waals surface area contributed by atoms with Gasteiger partial charge in [-0.25, -0.2) is 4.79 Å². The van der Waals surface area contributed by atoms with Gasteiger partial charge in [0.25, 0.3) is 11.5 Å². The zero-order valence-corrected chi connectivity index (χ0v) is 20.6. The Balaban J connectivity index is 1.93. The number of pyridine rings is 1. The molecule has 1 fully saturated rings. The Hall–Kier alpha value is -3.03. The number of ether oxygens (including phenoxy) is 3. The summed E-state index contributed by atoms with van der Waals surface area (Å²) in [7, 11) is 1.54. The molecule has 186 valence electrons. The predicted molar refractivity (Wildman–Crippen MR) is 131 cm³/mol. The van der Waals surface area contributed by atoms with Gasteiger partial charge in [0.2, 0.25) is 0 Å². The molecule has 0 radical (unpaired) electrons. The molecule has 0 aliphatic heterocycles. The first-order valence-electron chi connectivity index (χ1n) is 12.2. The molecule has 1 heterocycles. The maximum absolute atomic E-state index is 13.2. The zero-order valence-electron chi connectivity index (χ0n) is 20.6. The van der Waals surface area contributed by atoms with Crippen LogP contribution >= 0.6 is 0 Å². The fraction of sp³-hybridized carbons (Fsp3) is 0.577. The number of fused-ring (bicyclic) bond motifs is 1. The number of hydrogen-bond donors (Lipinski definition) is 2. The van der Waals surface area contributed by atoms with E-state index in [-0.39, 0.29) is 12.2 Å². The van der Waals surface area contributed by atoms with E-state index in [1.807, 2.05) is 0 Å². The third kappa shape index (κ3) is 5.54. The van der Waals surface area contributed by atoms with Crippen LogP contribution < -0.4 is 20.3 Å². The second kappa shape index (κ2) is 11.4. The van der Waals surface area contributed by atoms with Crippen molar-refractivity contribution in [2.45, 2.75) is 71.3 Å². The van der Waals surface area contributed by atoms with Crippen molar-refractivity contribution in [1.29, 1.82) is 0 Å². The van der Waals surface area contributed by atoms with Crippen molar-refractivity contribution >= 4 is 22.8 Å². The highest BCUT2D eigenvalue weighted by Gasteiger charge is 2.44. The van der Waals surface area contributed by atoms with Gasteiger partial charge < -0.3 is 24.5 Å². The van der Waals surface area contributed by atoms with Crippen LogP contribution in [0, 0.1) is 5.92 Å². The van der Waals surface area contributed by atoms with Gasteiger partial charge >= 0.3 is 5.97 Å². The van der Waals surface area contributed by atoms with Gasteiger partial charge in [-0.1, -0.05) is 26.7 Å². The number of benzene rings is 1. The molecule has 8 nitrogen and oxygen atoms in total. The van der Waals surface area contributed by atoms with Crippen molar-refractivity contribution in [3.05, 3.63) is 34.1 Å². The number of esters is 1. The largest absolute Gasteiger partial charge is 0.493 e. The van der Waals surface area contributed by atoms with Gasteiger partial charge in [-0.3, -0.25) is 9.59 Å². The van der Waals surface area contributed by atoms with Crippen LogP contribution in [0.2, 0.25) is 0 Å². The van der Waals surface area contributed by atoms with E-state index in [9.17, 15) is 14.4 Å². The summed E-state index contributed by atoms with van der Waals surface area (Å²) < 4.78 is 16.7. The molecular weight excluding hydrogens is 436 g/mol. The van der Waals surface area contributed by atoms with Crippen LogP contribution in [-0.4, -0.2) is 42.7 Å².